The second kappa shape index (κ2) is 12.1. The van der Waals surface area contributed by atoms with Crippen LogP contribution in [0.15, 0.2) is 182 Å². The predicted molar refractivity (Wildman–Crippen MR) is 219 cm³/mol. The number of aromatic nitrogens is 4. The number of para-hydroxylation sites is 1. The van der Waals surface area contributed by atoms with Gasteiger partial charge in [-0.3, -0.25) is 0 Å². The van der Waals surface area contributed by atoms with Crippen LogP contribution < -0.4 is 4.74 Å². The molecular weight excluding hydrogens is 661 g/mol. The summed E-state index contributed by atoms with van der Waals surface area (Å²) in [4.78, 5) is 14.8. The van der Waals surface area contributed by atoms with Gasteiger partial charge in [-0.1, -0.05) is 146 Å². The molecule has 10 aromatic rings. The van der Waals surface area contributed by atoms with E-state index in [0.29, 0.717) is 17.5 Å². The molecule has 1 aliphatic rings. The molecule has 0 radical (unpaired) electrons. The van der Waals surface area contributed by atoms with Crippen molar-refractivity contribution < 1.29 is 4.74 Å². The largest absolute Gasteiger partial charge is 0.456 e. The Balaban J connectivity index is 1.07. The van der Waals surface area contributed by atoms with Gasteiger partial charge < -0.3 is 9.30 Å². The van der Waals surface area contributed by atoms with Crippen LogP contribution in [-0.2, 0) is 0 Å². The van der Waals surface area contributed by atoms with Gasteiger partial charge in [0.25, 0.3) is 0 Å². The second-order valence-corrected chi connectivity index (χ2v) is 13.6. The lowest BCUT2D eigenvalue weighted by Gasteiger charge is -2.23. The van der Waals surface area contributed by atoms with Gasteiger partial charge in [-0.05, 0) is 53.1 Å². The number of hydrogen-bond acceptors (Lipinski definition) is 4. The third kappa shape index (κ3) is 4.83. The number of hydrogen-bond donors (Lipinski definition) is 0. The molecule has 8 aromatic carbocycles. The normalized spacial score (nSPS) is 11.9. The highest BCUT2D eigenvalue weighted by Gasteiger charge is 2.24. The van der Waals surface area contributed by atoms with E-state index >= 15 is 0 Å². The second-order valence-electron chi connectivity index (χ2n) is 13.6. The fraction of sp³-hybridized carbons (Fsp3) is 0. The highest BCUT2D eigenvalue weighted by Crippen LogP contribution is 2.49. The van der Waals surface area contributed by atoms with Crippen molar-refractivity contribution in [3.8, 4) is 73.6 Å². The maximum Gasteiger partial charge on any atom is 0.164 e. The standard InChI is InChI=1S/C49H30N4O/c1-4-13-31(14-5-1)34-23-25-37-36-19-10-11-22-41(36)53(43(37)29-34)42-27-28-44-46-39(20-12-21-40(42)46)38-26-24-35(30-45(38)54-44)49-51-47(32-15-6-2-7-16-32)50-48(52-49)33-17-8-3-9-18-33/h1-30H. The molecule has 0 unspecified atom stereocenters. The molecule has 3 heterocycles. The summed E-state index contributed by atoms with van der Waals surface area (Å²) in [5, 5.41) is 4.68. The number of rotatable bonds is 5. The van der Waals surface area contributed by atoms with Gasteiger partial charge in [-0.25, -0.2) is 15.0 Å². The molecule has 0 bridgehead atoms. The first-order chi connectivity index (χ1) is 26.8. The van der Waals surface area contributed by atoms with Crippen LogP contribution in [0.3, 0.4) is 0 Å². The highest BCUT2D eigenvalue weighted by atomic mass is 16.5. The highest BCUT2D eigenvalue weighted by molar-refractivity contribution is 6.13. The van der Waals surface area contributed by atoms with Crippen molar-refractivity contribution >= 4 is 32.6 Å². The number of nitrogens with zero attached hydrogens (tertiary/aromatic N) is 4. The summed E-state index contributed by atoms with van der Waals surface area (Å²) in [6.07, 6.45) is 0. The summed E-state index contributed by atoms with van der Waals surface area (Å²) in [7, 11) is 0. The van der Waals surface area contributed by atoms with E-state index in [4.69, 9.17) is 19.7 Å². The molecule has 0 spiro atoms. The molecular formula is C49H30N4O. The Bertz CT molecular complexity index is 3010. The first-order valence-electron chi connectivity index (χ1n) is 18.1. The predicted octanol–water partition coefficient (Wildman–Crippen LogP) is 12.6. The van der Waals surface area contributed by atoms with Gasteiger partial charge in [-0.15, -0.1) is 0 Å². The molecule has 1 aliphatic heterocycles. The summed E-state index contributed by atoms with van der Waals surface area (Å²) in [6.45, 7) is 0. The Morgan fingerprint density at radius 3 is 1.67 bits per heavy atom. The smallest absolute Gasteiger partial charge is 0.164 e. The van der Waals surface area contributed by atoms with Crippen molar-refractivity contribution in [3.63, 3.8) is 0 Å². The summed E-state index contributed by atoms with van der Waals surface area (Å²) < 4.78 is 9.20. The van der Waals surface area contributed by atoms with Crippen LogP contribution in [0, 0.1) is 0 Å². The maximum absolute atomic E-state index is 6.79. The van der Waals surface area contributed by atoms with Crippen LogP contribution in [0.5, 0.6) is 11.5 Å². The van der Waals surface area contributed by atoms with E-state index in [0.717, 1.165) is 55.8 Å². The van der Waals surface area contributed by atoms with Crippen molar-refractivity contribution in [1.29, 1.82) is 0 Å². The third-order valence-corrected chi connectivity index (χ3v) is 10.5. The van der Waals surface area contributed by atoms with E-state index in [1.165, 1.54) is 32.9 Å². The molecule has 0 atom stereocenters. The van der Waals surface area contributed by atoms with Crippen LogP contribution in [0.25, 0.3) is 94.7 Å². The van der Waals surface area contributed by atoms with E-state index in [9.17, 15) is 0 Å². The monoisotopic (exact) mass is 690 g/mol. The lowest BCUT2D eigenvalue weighted by molar-refractivity contribution is 0.487. The lowest BCUT2D eigenvalue weighted by Crippen LogP contribution is -2.02. The van der Waals surface area contributed by atoms with E-state index < -0.39 is 0 Å². The number of benzene rings is 8. The Morgan fingerprint density at radius 2 is 0.944 bits per heavy atom. The fourth-order valence-electron chi connectivity index (χ4n) is 7.93. The molecule has 252 valence electrons. The molecule has 0 fully saturated rings. The first-order valence-corrected chi connectivity index (χ1v) is 18.1. The molecule has 0 aliphatic carbocycles. The summed E-state index contributed by atoms with van der Waals surface area (Å²) >= 11 is 0. The van der Waals surface area contributed by atoms with E-state index in [1.807, 2.05) is 60.7 Å². The lowest BCUT2D eigenvalue weighted by atomic mass is 9.93. The minimum absolute atomic E-state index is 0.592. The molecule has 54 heavy (non-hydrogen) atoms. The van der Waals surface area contributed by atoms with Gasteiger partial charge >= 0.3 is 0 Å². The van der Waals surface area contributed by atoms with Gasteiger partial charge in [-0.2, -0.15) is 0 Å². The fourth-order valence-corrected chi connectivity index (χ4v) is 7.93. The van der Waals surface area contributed by atoms with Crippen molar-refractivity contribution in [3.05, 3.63) is 182 Å². The maximum atomic E-state index is 6.79. The van der Waals surface area contributed by atoms with Crippen LogP contribution in [0.2, 0.25) is 0 Å². The van der Waals surface area contributed by atoms with Crippen LogP contribution >= 0.6 is 0 Å². The third-order valence-electron chi connectivity index (χ3n) is 10.5. The zero-order valence-corrected chi connectivity index (χ0v) is 29.0. The first kappa shape index (κ1) is 30.3. The molecule has 0 saturated carbocycles. The minimum atomic E-state index is 0.592. The summed E-state index contributed by atoms with van der Waals surface area (Å²) in [5.41, 5.74) is 10.7. The Morgan fingerprint density at radius 1 is 0.352 bits per heavy atom. The average molecular weight is 691 g/mol. The molecule has 2 aromatic heterocycles. The molecule has 11 rings (SSSR count). The topological polar surface area (TPSA) is 52.8 Å². The summed E-state index contributed by atoms with van der Waals surface area (Å²) in [5.74, 6) is 3.44. The quantitative estimate of drug-likeness (QED) is 0.180. The van der Waals surface area contributed by atoms with Crippen molar-refractivity contribution in [2.45, 2.75) is 0 Å². The zero-order chi connectivity index (χ0) is 35.6. The number of fused-ring (bicyclic) bond motifs is 5. The molecule has 5 nitrogen and oxygen atoms in total. The van der Waals surface area contributed by atoms with E-state index in [1.54, 1.807) is 0 Å². The van der Waals surface area contributed by atoms with E-state index in [2.05, 4.69) is 126 Å². The van der Waals surface area contributed by atoms with Gasteiger partial charge in [0, 0.05) is 43.8 Å². The van der Waals surface area contributed by atoms with Gasteiger partial charge in [0.2, 0.25) is 0 Å². The molecule has 0 N–H and O–H groups in total. The summed E-state index contributed by atoms with van der Waals surface area (Å²) in [6, 6.07) is 63.3. The van der Waals surface area contributed by atoms with Crippen molar-refractivity contribution in [2.75, 3.05) is 0 Å². The SMILES string of the molecule is c1ccc(-c2ccc3c4ccccc4n(-c4ccc5c6c(cccc46)-c4ccc(-c6nc(-c7ccccc7)nc(-c7ccccc7)n6)cc4O5)c3c2)cc1. The molecule has 5 heteroatoms. The van der Waals surface area contributed by atoms with Gasteiger partial charge in [0.05, 0.1) is 16.7 Å². The Hall–Kier alpha value is -7.37. The van der Waals surface area contributed by atoms with Crippen LogP contribution in [-0.4, -0.2) is 19.5 Å². The minimum Gasteiger partial charge on any atom is -0.456 e. The van der Waals surface area contributed by atoms with E-state index in [-0.39, 0.29) is 0 Å². The average Bonchev–Trinajstić information content (AvgIpc) is 3.58. The van der Waals surface area contributed by atoms with Crippen molar-refractivity contribution in [1.82, 2.24) is 19.5 Å². The molecule has 0 saturated heterocycles. The van der Waals surface area contributed by atoms with Crippen LogP contribution in [0.1, 0.15) is 0 Å². The zero-order valence-electron chi connectivity index (χ0n) is 29.0. The molecule has 0 amide bonds. The van der Waals surface area contributed by atoms with Gasteiger partial charge in [0.1, 0.15) is 11.5 Å². The van der Waals surface area contributed by atoms with Crippen LogP contribution in [0.4, 0.5) is 0 Å². The Kier molecular flexibility index (Phi) is 6.79. The van der Waals surface area contributed by atoms with Gasteiger partial charge in [0.15, 0.2) is 17.5 Å². The number of ether oxygens (including phenoxy) is 1. The Labute approximate surface area is 311 Å². The van der Waals surface area contributed by atoms with Crippen molar-refractivity contribution in [2.24, 2.45) is 0 Å².